The molecule has 1 N–H and O–H groups in total. The largest absolute Gasteiger partial charge is 0.322 e. The number of nitrogens with zero attached hydrogens (tertiary/aromatic N) is 2. The highest BCUT2D eigenvalue weighted by Gasteiger charge is 2.32. The van der Waals surface area contributed by atoms with E-state index in [0.29, 0.717) is 23.9 Å². The number of aliphatic imine (C=N–C) groups is 1. The number of hydrogen-bond acceptors (Lipinski definition) is 4. The summed E-state index contributed by atoms with van der Waals surface area (Å²) < 4.78 is 12.9. The average Bonchev–Trinajstić information content (AvgIpc) is 2.84. The molecule has 5 nitrogen and oxygen atoms in total. The number of anilines is 1. The Morgan fingerprint density at radius 3 is 2.62 bits per heavy atom. The van der Waals surface area contributed by atoms with Crippen molar-refractivity contribution < 1.29 is 14.0 Å². The van der Waals surface area contributed by atoms with Crippen molar-refractivity contribution in [2.45, 2.75) is 0 Å². The van der Waals surface area contributed by atoms with Gasteiger partial charge in [-0.15, -0.1) is 13.2 Å². The second kappa shape index (κ2) is 8.26. The highest BCUT2D eigenvalue weighted by molar-refractivity contribution is 8.18. The van der Waals surface area contributed by atoms with Crippen molar-refractivity contribution in [3.63, 3.8) is 0 Å². The normalized spacial score (nSPS) is 17.4. The third kappa shape index (κ3) is 4.42. The molecule has 24 heavy (non-hydrogen) atoms. The van der Waals surface area contributed by atoms with Crippen LogP contribution in [0, 0.1) is 5.82 Å². The van der Waals surface area contributed by atoms with Crippen LogP contribution < -0.4 is 5.32 Å². The lowest BCUT2D eigenvalue weighted by atomic mass is 10.3. The van der Waals surface area contributed by atoms with Gasteiger partial charge in [0, 0.05) is 18.3 Å². The van der Waals surface area contributed by atoms with Gasteiger partial charge in [0.15, 0.2) is 5.17 Å². The summed E-state index contributed by atoms with van der Waals surface area (Å²) in [6.07, 6.45) is 4.42. The van der Waals surface area contributed by atoms with Crippen molar-refractivity contribution >= 4 is 34.4 Å². The van der Waals surface area contributed by atoms with E-state index in [1.54, 1.807) is 12.2 Å². The molecule has 1 heterocycles. The van der Waals surface area contributed by atoms with Crippen molar-refractivity contribution in [1.29, 1.82) is 0 Å². The Morgan fingerprint density at radius 2 is 2.00 bits per heavy atom. The van der Waals surface area contributed by atoms with E-state index in [1.807, 2.05) is 0 Å². The standard InChI is InChI=1S/C17H16FN3O2S/c1-3-9-19-17-21(10-4-2)16(23)14(24-17)11-15(22)20-13-7-5-12(18)6-8-13/h3-8,11H,1-2,9-10H2,(H,20,22)/b14-11-,19-17?. The number of amidine groups is 1. The van der Waals surface area contributed by atoms with E-state index in [2.05, 4.69) is 23.5 Å². The number of benzene rings is 1. The van der Waals surface area contributed by atoms with Crippen LogP contribution in [0.15, 0.2) is 65.5 Å². The van der Waals surface area contributed by atoms with Crippen molar-refractivity contribution in [1.82, 2.24) is 4.90 Å². The van der Waals surface area contributed by atoms with Crippen LogP contribution >= 0.6 is 11.8 Å². The first-order valence-corrected chi connectivity index (χ1v) is 7.91. The van der Waals surface area contributed by atoms with Crippen molar-refractivity contribution in [2.75, 3.05) is 18.4 Å². The van der Waals surface area contributed by atoms with Gasteiger partial charge in [0.05, 0.1) is 11.4 Å². The molecule has 0 bridgehead atoms. The van der Waals surface area contributed by atoms with Crippen LogP contribution in [0.3, 0.4) is 0 Å². The Balaban J connectivity index is 2.14. The van der Waals surface area contributed by atoms with Gasteiger partial charge in [-0.3, -0.25) is 19.5 Å². The zero-order chi connectivity index (χ0) is 17.5. The molecule has 1 aromatic rings. The highest BCUT2D eigenvalue weighted by Crippen LogP contribution is 2.30. The number of amides is 2. The summed E-state index contributed by atoms with van der Waals surface area (Å²) in [6, 6.07) is 5.36. The molecule has 0 unspecified atom stereocenters. The molecule has 0 aromatic heterocycles. The minimum atomic E-state index is -0.471. The predicted octanol–water partition coefficient (Wildman–Crippen LogP) is 2.95. The monoisotopic (exact) mass is 345 g/mol. The van der Waals surface area contributed by atoms with E-state index in [-0.39, 0.29) is 10.8 Å². The van der Waals surface area contributed by atoms with Crippen molar-refractivity contribution in [3.8, 4) is 0 Å². The maximum Gasteiger partial charge on any atom is 0.267 e. The van der Waals surface area contributed by atoms with Gasteiger partial charge in [-0.2, -0.15) is 0 Å². The van der Waals surface area contributed by atoms with Gasteiger partial charge in [-0.05, 0) is 36.0 Å². The molecule has 0 spiro atoms. The molecule has 1 aromatic carbocycles. The van der Waals surface area contributed by atoms with E-state index in [0.717, 1.165) is 11.8 Å². The van der Waals surface area contributed by atoms with Gasteiger partial charge in [-0.1, -0.05) is 12.2 Å². The number of rotatable bonds is 6. The molecule has 0 atom stereocenters. The van der Waals surface area contributed by atoms with E-state index in [9.17, 15) is 14.0 Å². The summed E-state index contributed by atoms with van der Waals surface area (Å²) in [5.41, 5.74) is 0.442. The first-order valence-electron chi connectivity index (χ1n) is 7.09. The first-order chi connectivity index (χ1) is 11.5. The first kappa shape index (κ1) is 17.7. The summed E-state index contributed by atoms with van der Waals surface area (Å²) in [5.74, 6) is -1.17. The van der Waals surface area contributed by atoms with E-state index in [4.69, 9.17) is 0 Å². The molecule has 1 fully saturated rings. The molecular weight excluding hydrogens is 329 g/mol. The number of halogens is 1. The molecule has 2 rings (SSSR count). The van der Waals surface area contributed by atoms with Gasteiger partial charge in [0.1, 0.15) is 5.82 Å². The third-order valence-corrected chi connectivity index (χ3v) is 3.97. The average molecular weight is 345 g/mol. The fourth-order valence-electron chi connectivity index (χ4n) is 1.89. The molecule has 0 radical (unpaired) electrons. The quantitative estimate of drug-likeness (QED) is 0.637. The summed E-state index contributed by atoms with van der Waals surface area (Å²) in [6.45, 7) is 7.88. The highest BCUT2D eigenvalue weighted by atomic mass is 32.2. The molecule has 1 saturated heterocycles. The molecule has 1 aliphatic rings. The van der Waals surface area contributed by atoms with Crippen molar-refractivity contribution in [3.05, 3.63) is 66.4 Å². The van der Waals surface area contributed by atoms with Gasteiger partial charge in [0.25, 0.3) is 5.91 Å². The lowest BCUT2D eigenvalue weighted by Crippen LogP contribution is -2.29. The summed E-state index contributed by atoms with van der Waals surface area (Å²) >= 11 is 1.12. The summed E-state index contributed by atoms with van der Waals surface area (Å²) in [7, 11) is 0. The van der Waals surface area contributed by atoms with Crippen LogP contribution in [0.1, 0.15) is 0 Å². The van der Waals surface area contributed by atoms with Crippen LogP contribution in [-0.2, 0) is 9.59 Å². The van der Waals surface area contributed by atoms with Crippen molar-refractivity contribution in [2.24, 2.45) is 4.99 Å². The lowest BCUT2D eigenvalue weighted by Gasteiger charge is -2.12. The molecule has 0 saturated carbocycles. The fourth-order valence-corrected chi connectivity index (χ4v) is 2.86. The zero-order valence-electron chi connectivity index (χ0n) is 12.9. The second-order valence-electron chi connectivity index (χ2n) is 4.72. The Hall–Kier alpha value is -2.67. The number of thioether (sulfide) groups is 1. The minimum absolute atomic E-state index is 0.263. The SMILES string of the molecule is C=CCN=C1S/C(=C\C(=O)Nc2ccc(F)cc2)C(=O)N1CC=C. The Kier molecular flexibility index (Phi) is 6.08. The molecule has 7 heteroatoms. The lowest BCUT2D eigenvalue weighted by molar-refractivity contribution is -0.122. The summed E-state index contributed by atoms with van der Waals surface area (Å²) in [4.78, 5) is 30.4. The molecule has 1 aliphatic heterocycles. The van der Waals surface area contributed by atoms with Crippen LogP contribution in [0.25, 0.3) is 0 Å². The Bertz CT molecular complexity index is 726. The molecular formula is C17H16FN3O2S. The maximum atomic E-state index is 12.9. The van der Waals surface area contributed by atoms with Gasteiger partial charge >= 0.3 is 0 Å². The number of hydrogen-bond donors (Lipinski definition) is 1. The van der Waals surface area contributed by atoms with E-state index >= 15 is 0 Å². The molecule has 0 aliphatic carbocycles. The minimum Gasteiger partial charge on any atom is -0.322 e. The maximum absolute atomic E-state index is 12.9. The fraction of sp³-hybridized carbons (Fsp3) is 0.118. The van der Waals surface area contributed by atoms with Gasteiger partial charge < -0.3 is 5.32 Å². The number of nitrogens with one attached hydrogen (secondary N) is 1. The number of carbonyl (C=O) groups is 2. The van der Waals surface area contributed by atoms with E-state index in [1.165, 1.54) is 35.2 Å². The van der Waals surface area contributed by atoms with E-state index < -0.39 is 11.7 Å². The molecule has 2 amide bonds. The zero-order valence-corrected chi connectivity index (χ0v) is 13.7. The van der Waals surface area contributed by atoms with Crippen LogP contribution in [0.2, 0.25) is 0 Å². The topological polar surface area (TPSA) is 61.8 Å². The van der Waals surface area contributed by atoms with Crippen LogP contribution in [-0.4, -0.2) is 35.0 Å². The summed E-state index contributed by atoms with van der Waals surface area (Å²) in [5, 5.41) is 3.08. The second-order valence-corrected chi connectivity index (χ2v) is 5.73. The molecule has 124 valence electrons. The smallest absolute Gasteiger partial charge is 0.267 e. The van der Waals surface area contributed by atoms with Gasteiger partial charge in [-0.25, -0.2) is 4.39 Å². The van der Waals surface area contributed by atoms with Crippen LogP contribution in [0.5, 0.6) is 0 Å². The Labute approximate surface area is 143 Å². The predicted molar refractivity (Wildman–Crippen MR) is 95.1 cm³/mol. The Morgan fingerprint density at radius 1 is 1.29 bits per heavy atom. The third-order valence-electron chi connectivity index (χ3n) is 2.93. The number of carbonyl (C=O) groups excluding carboxylic acids is 2. The van der Waals surface area contributed by atoms with Crippen LogP contribution in [0.4, 0.5) is 10.1 Å². The van der Waals surface area contributed by atoms with Gasteiger partial charge in [0.2, 0.25) is 5.91 Å².